The van der Waals surface area contributed by atoms with E-state index in [0.29, 0.717) is 18.8 Å². The van der Waals surface area contributed by atoms with Crippen molar-refractivity contribution >= 4 is 5.78 Å². The Hall–Kier alpha value is -1.97. The summed E-state index contributed by atoms with van der Waals surface area (Å²) in [6, 6.07) is 17.1. The maximum absolute atomic E-state index is 12.0. The average Bonchev–Trinajstić information content (AvgIpc) is 2.47. The molecule has 0 aliphatic carbocycles. The second kappa shape index (κ2) is 6.66. The average molecular weight is 284 g/mol. The van der Waals surface area contributed by atoms with Crippen LogP contribution < -0.4 is 0 Å². The maximum atomic E-state index is 12.0. The van der Waals surface area contributed by atoms with Gasteiger partial charge in [0.2, 0.25) is 0 Å². The molecule has 0 radical (unpaired) electrons. The standard InChI is InChI=1S/C18H20O3/c1-18(2,20)17(19)16-10-6-9-15(11-16)13-21-12-14-7-4-3-5-8-14/h3-11,20H,12-13H2,1-2H3. The molecule has 2 aromatic carbocycles. The van der Waals surface area contributed by atoms with Gasteiger partial charge < -0.3 is 9.84 Å². The summed E-state index contributed by atoms with van der Waals surface area (Å²) in [7, 11) is 0. The van der Waals surface area contributed by atoms with Crippen LogP contribution in [0.4, 0.5) is 0 Å². The first-order chi connectivity index (χ1) is 9.97. The highest BCUT2D eigenvalue weighted by atomic mass is 16.5. The number of hydrogen-bond acceptors (Lipinski definition) is 3. The third-order valence-corrected chi connectivity index (χ3v) is 3.13. The van der Waals surface area contributed by atoms with Crippen molar-refractivity contribution in [2.45, 2.75) is 32.7 Å². The third-order valence-electron chi connectivity index (χ3n) is 3.13. The molecule has 0 unspecified atom stereocenters. The fourth-order valence-corrected chi connectivity index (χ4v) is 2.02. The van der Waals surface area contributed by atoms with Crippen LogP contribution in [0.15, 0.2) is 54.6 Å². The molecule has 3 heteroatoms. The number of rotatable bonds is 6. The molecule has 0 bridgehead atoms. The van der Waals surface area contributed by atoms with E-state index in [1.807, 2.05) is 36.4 Å². The number of ether oxygens (including phenoxy) is 1. The van der Waals surface area contributed by atoms with E-state index in [1.54, 1.807) is 18.2 Å². The summed E-state index contributed by atoms with van der Waals surface area (Å²) in [4.78, 5) is 12.0. The Kier molecular flexibility index (Phi) is 4.89. The summed E-state index contributed by atoms with van der Waals surface area (Å²) in [6.07, 6.45) is 0. The van der Waals surface area contributed by atoms with Crippen LogP contribution in [0.1, 0.15) is 35.3 Å². The minimum atomic E-state index is -1.36. The fourth-order valence-electron chi connectivity index (χ4n) is 2.02. The quantitative estimate of drug-likeness (QED) is 0.827. The van der Waals surface area contributed by atoms with Gasteiger partial charge in [0.05, 0.1) is 13.2 Å². The number of carbonyl (C=O) groups is 1. The molecule has 0 amide bonds. The molecule has 0 aliphatic rings. The summed E-state index contributed by atoms with van der Waals surface area (Å²) in [5.74, 6) is -0.285. The smallest absolute Gasteiger partial charge is 0.193 e. The van der Waals surface area contributed by atoms with Gasteiger partial charge in [0, 0.05) is 5.56 Å². The van der Waals surface area contributed by atoms with Gasteiger partial charge in [-0.05, 0) is 31.0 Å². The number of carbonyl (C=O) groups excluding carboxylic acids is 1. The van der Waals surface area contributed by atoms with Crippen LogP contribution in [-0.4, -0.2) is 16.5 Å². The highest BCUT2D eigenvalue weighted by Crippen LogP contribution is 2.15. The van der Waals surface area contributed by atoms with Crippen LogP contribution in [-0.2, 0) is 18.0 Å². The largest absolute Gasteiger partial charge is 0.382 e. The van der Waals surface area contributed by atoms with Crippen molar-refractivity contribution in [1.29, 1.82) is 0 Å². The molecule has 0 fully saturated rings. The Labute approximate surface area is 125 Å². The Balaban J connectivity index is 1.97. The fraction of sp³-hybridized carbons (Fsp3) is 0.278. The van der Waals surface area contributed by atoms with Gasteiger partial charge in [-0.2, -0.15) is 0 Å². The van der Waals surface area contributed by atoms with Crippen molar-refractivity contribution in [3.8, 4) is 0 Å². The molecule has 0 heterocycles. The van der Waals surface area contributed by atoms with Gasteiger partial charge >= 0.3 is 0 Å². The topological polar surface area (TPSA) is 46.5 Å². The summed E-state index contributed by atoms with van der Waals surface area (Å²) in [5.41, 5.74) is 1.18. The van der Waals surface area contributed by atoms with Gasteiger partial charge in [0.25, 0.3) is 0 Å². The first-order valence-electron chi connectivity index (χ1n) is 6.94. The highest BCUT2D eigenvalue weighted by Gasteiger charge is 2.25. The van der Waals surface area contributed by atoms with Crippen LogP contribution >= 0.6 is 0 Å². The molecular weight excluding hydrogens is 264 g/mol. The second-order valence-electron chi connectivity index (χ2n) is 5.57. The summed E-state index contributed by atoms with van der Waals surface area (Å²) >= 11 is 0. The molecule has 110 valence electrons. The zero-order chi connectivity index (χ0) is 15.3. The van der Waals surface area contributed by atoms with E-state index in [9.17, 15) is 9.90 Å². The minimum Gasteiger partial charge on any atom is -0.382 e. The van der Waals surface area contributed by atoms with E-state index in [1.165, 1.54) is 13.8 Å². The van der Waals surface area contributed by atoms with Crippen LogP contribution in [0, 0.1) is 0 Å². The summed E-state index contributed by atoms with van der Waals surface area (Å²) in [5, 5.41) is 9.77. The SMILES string of the molecule is CC(C)(O)C(=O)c1cccc(COCc2ccccc2)c1. The normalized spacial score (nSPS) is 11.4. The van der Waals surface area contributed by atoms with Crippen molar-refractivity contribution in [3.63, 3.8) is 0 Å². The van der Waals surface area contributed by atoms with Gasteiger partial charge in [-0.1, -0.05) is 48.5 Å². The van der Waals surface area contributed by atoms with Gasteiger partial charge in [-0.15, -0.1) is 0 Å². The lowest BCUT2D eigenvalue weighted by atomic mass is 9.96. The first-order valence-corrected chi connectivity index (χ1v) is 6.94. The van der Waals surface area contributed by atoms with E-state index < -0.39 is 5.60 Å². The monoisotopic (exact) mass is 284 g/mol. The molecular formula is C18H20O3. The molecule has 1 N–H and O–H groups in total. The van der Waals surface area contributed by atoms with E-state index >= 15 is 0 Å². The molecule has 0 aliphatic heterocycles. The number of benzene rings is 2. The lowest BCUT2D eigenvalue weighted by Gasteiger charge is -2.16. The lowest BCUT2D eigenvalue weighted by molar-refractivity contribution is 0.0487. The third kappa shape index (κ3) is 4.52. The van der Waals surface area contributed by atoms with Crippen molar-refractivity contribution in [3.05, 3.63) is 71.3 Å². The zero-order valence-electron chi connectivity index (χ0n) is 12.4. The van der Waals surface area contributed by atoms with Gasteiger partial charge in [-0.3, -0.25) is 4.79 Å². The Bertz CT molecular complexity index is 597. The molecule has 21 heavy (non-hydrogen) atoms. The van der Waals surface area contributed by atoms with Crippen LogP contribution in [0.2, 0.25) is 0 Å². The molecule has 2 rings (SSSR count). The van der Waals surface area contributed by atoms with Crippen molar-refractivity contribution < 1.29 is 14.6 Å². The van der Waals surface area contributed by atoms with E-state index in [-0.39, 0.29) is 5.78 Å². The predicted octanol–water partition coefficient (Wildman–Crippen LogP) is 3.36. The van der Waals surface area contributed by atoms with E-state index in [4.69, 9.17) is 4.74 Å². The highest BCUT2D eigenvalue weighted by molar-refractivity contribution is 6.01. The lowest BCUT2D eigenvalue weighted by Crippen LogP contribution is -2.31. The molecule has 0 saturated carbocycles. The first kappa shape index (κ1) is 15.4. The Morgan fingerprint density at radius 2 is 1.62 bits per heavy atom. The van der Waals surface area contributed by atoms with Crippen LogP contribution in [0.25, 0.3) is 0 Å². The Morgan fingerprint density at radius 3 is 2.29 bits per heavy atom. The van der Waals surface area contributed by atoms with E-state index in [2.05, 4.69) is 0 Å². The van der Waals surface area contributed by atoms with Gasteiger partial charge in [0.15, 0.2) is 5.78 Å². The molecule has 3 nitrogen and oxygen atoms in total. The van der Waals surface area contributed by atoms with Crippen LogP contribution in [0.5, 0.6) is 0 Å². The molecule has 0 saturated heterocycles. The number of ketones is 1. The number of aliphatic hydroxyl groups is 1. The summed E-state index contributed by atoms with van der Waals surface area (Å²) in [6.45, 7) is 3.95. The van der Waals surface area contributed by atoms with Crippen LogP contribution in [0.3, 0.4) is 0 Å². The van der Waals surface area contributed by atoms with Gasteiger partial charge in [-0.25, -0.2) is 0 Å². The molecule has 0 aromatic heterocycles. The zero-order valence-corrected chi connectivity index (χ0v) is 12.4. The second-order valence-corrected chi connectivity index (χ2v) is 5.57. The van der Waals surface area contributed by atoms with Gasteiger partial charge in [0.1, 0.15) is 5.60 Å². The van der Waals surface area contributed by atoms with Crippen molar-refractivity contribution in [2.75, 3.05) is 0 Å². The predicted molar refractivity (Wildman–Crippen MR) is 82.0 cm³/mol. The minimum absolute atomic E-state index is 0.285. The van der Waals surface area contributed by atoms with Crippen molar-refractivity contribution in [2.24, 2.45) is 0 Å². The number of hydrogen-bond donors (Lipinski definition) is 1. The number of Topliss-reactive ketones (excluding diaryl/α,β-unsaturated/α-hetero) is 1. The van der Waals surface area contributed by atoms with E-state index in [0.717, 1.165) is 11.1 Å². The molecule has 2 aromatic rings. The summed E-state index contributed by atoms with van der Waals surface area (Å²) < 4.78 is 5.65. The maximum Gasteiger partial charge on any atom is 0.193 e. The van der Waals surface area contributed by atoms with Crippen molar-refractivity contribution in [1.82, 2.24) is 0 Å². The Morgan fingerprint density at radius 1 is 1.00 bits per heavy atom. The molecule has 0 atom stereocenters. The molecule has 0 spiro atoms.